The summed E-state index contributed by atoms with van der Waals surface area (Å²) in [5.74, 6) is 0.125. The molecule has 0 saturated carbocycles. The lowest BCUT2D eigenvalue weighted by atomic mass is 10.3. The minimum atomic E-state index is -4.52. The second kappa shape index (κ2) is 6.69. The Morgan fingerprint density at radius 3 is 2.52 bits per heavy atom. The van der Waals surface area contributed by atoms with Gasteiger partial charge in [0.1, 0.15) is 10.8 Å². The van der Waals surface area contributed by atoms with Crippen molar-refractivity contribution < 1.29 is 13.2 Å². The van der Waals surface area contributed by atoms with Crippen LogP contribution in [-0.4, -0.2) is 29.0 Å². The van der Waals surface area contributed by atoms with Crippen LogP contribution in [0.1, 0.15) is 35.5 Å². The number of halogens is 3. The molecule has 5 nitrogen and oxygen atoms in total. The molecular weight excluding hydrogens is 327 g/mol. The van der Waals surface area contributed by atoms with Crippen molar-refractivity contribution in [3.63, 3.8) is 0 Å². The lowest BCUT2D eigenvalue weighted by Gasteiger charge is -2.17. The molecule has 2 heterocycles. The van der Waals surface area contributed by atoms with Crippen LogP contribution < -0.4 is 10.2 Å². The summed E-state index contributed by atoms with van der Waals surface area (Å²) in [6, 6.07) is 0.646. The van der Waals surface area contributed by atoms with E-state index in [0.29, 0.717) is 0 Å². The zero-order chi connectivity index (χ0) is 17.2. The number of anilines is 2. The molecule has 0 aliphatic rings. The first-order valence-electron chi connectivity index (χ1n) is 7.05. The summed E-state index contributed by atoms with van der Waals surface area (Å²) in [5.41, 5.74) is -0.973. The Labute approximate surface area is 136 Å². The van der Waals surface area contributed by atoms with Gasteiger partial charge >= 0.3 is 6.18 Å². The molecule has 0 amide bonds. The number of hydrogen-bond donors (Lipinski definition) is 1. The summed E-state index contributed by atoms with van der Waals surface area (Å²) in [6.07, 6.45) is -1.88. The second-order valence-corrected chi connectivity index (χ2v) is 6.36. The van der Waals surface area contributed by atoms with Crippen molar-refractivity contribution in [3.05, 3.63) is 27.8 Å². The Kier molecular flexibility index (Phi) is 5.08. The van der Waals surface area contributed by atoms with E-state index >= 15 is 0 Å². The van der Waals surface area contributed by atoms with Gasteiger partial charge in [-0.05, 0) is 13.3 Å². The van der Waals surface area contributed by atoms with E-state index in [1.54, 1.807) is 20.3 Å². The number of nitrogens with zero attached hydrogens (tertiary/aromatic N) is 4. The molecule has 0 saturated heterocycles. The van der Waals surface area contributed by atoms with Crippen molar-refractivity contribution in [2.45, 2.75) is 32.5 Å². The van der Waals surface area contributed by atoms with Crippen LogP contribution in [0.3, 0.4) is 0 Å². The van der Waals surface area contributed by atoms with Crippen molar-refractivity contribution >= 4 is 23.1 Å². The van der Waals surface area contributed by atoms with Crippen LogP contribution in [0, 0.1) is 0 Å². The number of hydrogen-bond acceptors (Lipinski definition) is 6. The topological polar surface area (TPSA) is 53.9 Å². The van der Waals surface area contributed by atoms with Crippen LogP contribution in [0.4, 0.5) is 24.9 Å². The highest BCUT2D eigenvalue weighted by molar-refractivity contribution is 7.11. The van der Waals surface area contributed by atoms with Crippen molar-refractivity contribution in [2.75, 3.05) is 24.3 Å². The molecule has 0 spiro atoms. The van der Waals surface area contributed by atoms with E-state index in [1.165, 1.54) is 16.2 Å². The third-order valence-electron chi connectivity index (χ3n) is 3.10. The number of rotatable bonds is 5. The van der Waals surface area contributed by atoms with Gasteiger partial charge in [-0.1, -0.05) is 6.92 Å². The third-order valence-corrected chi connectivity index (χ3v) is 4.42. The molecular formula is C14H18F3N5S. The van der Waals surface area contributed by atoms with E-state index in [4.69, 9.17) is 0 Å². The lowest BCUT2D eigenvalue weighted by molar-refractivity contribution is -0.141. The summed E-state index contributed by atoms with van der Waals surface area (Å²) >= 11 is 1.52. The van der Waals surface area contributed by atoms with Gasteiger partial charge in [-0.2, -0.15) is 18.2 Å². The molecule has 1 atom stereocenters. The minimum Gasteiger partial charge on any atom is -0.363 e. The van der Waals surface area contributed by atoms with Gasteiger partial charge in [0.05, 0.1) is 6.04 Å². The van der Waals surface area contributed by atoms with Gasteiger partial charge in [-0.15, -0.1) is 11.3 Å². The van der Waals surface area contributed by atoms with Gasteiger partial charge in [-0.3, -0.25) is 0 Å². The Bertz CT molecular complexity index is 669. The SMILES string of the molecule is CCc1cnc(C(C)Nc2nc(N(C)C)cc(C(F)(F)F)n2)s1. The van der Waals surface area contributed by atoms with Crippen LogP contribution in [0.5, 0.6) is 0 Å². The fourth-order valence-electron chi connectivity index (χ4n) is 1.81. The van der Waals surface area contributed by atoms with E-state index in [-0.39, 0.29) is 17.8 Å². The molecule has 9 heteroatoms. The molecule has 23 heavy (non-hydrogen) atoms. The zero-order valence-corrected chi connectivity index (χ0v) is 14.1. The van der Waals surface area contributed by atoms with Gasteiger partial charge in [0, 0.05) is 31.2 Å². The second-order valence-electron chi connectivity index (χ2n) is 5.21. The molecule has 0 bridgehead atoms. The first kappa shape index (κ1) is 17.5. The molecule has 0 aromatic carbocycles. The number of thiazole rings is 1. The number of aryl methyl sites for hydroxylation is 1. The number of nitrogens with one attached hydrogen (secondary N) is 1. The highest BCUT2D eigenvalue weighted by Crippen LogP contribution is 2.31. The molecule has 1 unspecified atom stereocenters. The Morgan fingerprint density at radius 2 is 2.00 bits per heavy atom. The fourth-order valence-corrected chi connectivity index (χ4v) is 2.67. The molecule has 2 aromatic rings. The summed E-state index contributed by atoms with van der Waals surface area (Å²) in [6.45, 7) is 3.84. The van der Waals surface area contributed by atoms with Gasteiger partial charge < -0.3 is 10.2 Å². The molecule has 0 aliphatic heterocycles. The van der Waals surface area contributed by atoms with Crippen LogP contribution in [0.25, 0.3) is 0 Å². The molecule has 2 aromatic heterocycles. The van der Waals surface area contributed by atoms with Gasteiger partial charge in [0.15, 0.2) is 5.69 Å². The monoisotopic (exact) mass is 345 g/mol. The Morgan fingerprint density at radius 1 is 1.30 bits per heavy atom. The Hall–Kier alpha value is -1.90. The van der Waals surface area contributed by atoms with E-state index in [0.717, 1.165) is 22.4 Å². The van der Waals surface area contributed by atoms with Gasteiger partial charge in [0.2, 0.25) is 5.95 Å². The van der Waals surface area contributed by atoms with Crippen LogP contribution in [0.15, 0.2) is 12.3 Å². The van der Waals surface area contributed by atoms with Crippen molar-refractivity contribution in [3.8, 4) is 0 Å². The van der Waals surface area contributed by atoms with E-state index in [9.17, 15) is 13.2 Å². The lowest BCUT2D eigenvalue weighted by Crippen LogP contribution is -2.18. The first-order valence-corrected chi connectivity index (χ1v) is 7.87. The van der Waals surface area contributed by atoms with Crippen LogP contribution >= 0.6 is 11.3 Å². The quantitative estimate of drug-likeness (QED) is 0.894. The largest absolute Gasteiger partial charge is 0.433 e. The molecule has 1 N–H and O–H groups in total. The summed E-state index contributed by atoms with van der Waals surface area (Å²) in [5, 5.41) is 3.69. The Balaban J connectivity index is 2.29. The van der Waals surface area contributed by atoms with Gasteiger partial charge in [0.25, 0.3) is 0 Å². The highest BCUT2D eigenvalue weighted by Gasteiger charge is 2.34. The molecule has 0 aliphatic carbocycles. The van der Waals surface area contributed by atoms with Crippen molar-refractivity contribution in [1.29, 1.82) is 0 Å². The van der Waals surface area contributed by atoms with Crippen molar-refractivity contribution in [2.24, 2.45) is 0 Å². The highest BCUT2D eigenvalue weighted by atomic mass is 32.1. The maximum absolute atomic E-state index is 13.0. The summed E-state index contributed by atoms with van der Waals surface area (Å²) < 4.78 is 38.9. The first-order chi connectivity index (χ1) is 10.7. The standard InChI is InChI=1S/C14H18F3N5S/c1-5-9-7-18-12(23-9)8(2)19-13-20-10(14(15,16)17)6-11(21-13)22(3)4/h6-8H,5H2,1-4H3,(H,19,20,21). The molecule has 2 rings (SSSR count). The van der Waals surface area contributed by atoms with E-state index in [1.807, 2.05) is 13.8 Å². The smallest absolute Gasteiger partial charge is 0.363 e. The maximum atomic E-state index is 13.0. The third kappa shape index (κ3) is 4.31. The van der Waals surface area contributed by atoms with E-state index < -0.39 is 11.9 Å². The maximum Gasteiger partial charge on any atom is 0.433 e. The zero-order valence-electron chi connectivity index (χ0n) is 13.3. The van der Waals surface area contributed by atoms with E-state index in [2.05, 4.69) is 20.3 Å². The minimum absolute atomic E-state index is 0.0655. The summed E-state index contributed by atoms with van der Waals surface area (Å²) in [4.78, 5) is 14.6. The predicted octanol–water partition coefficient (Wildman–Crippen LogP) is 3.75. The van der Waals surface area contributed by atoms with Crippen LogP contribution in [-0.2, 0) is 12.6 Å². The molecule has 0 fully saturated rings. The fraction of sp³-hybridized carbons (Fsp3) is 0.500. The molecule has 0 radical (unpaired) electrons. The molecule has 126 valence electrons. The number of alkyl halides is 3. The average molecular weight is 345 g/mol. The van der Waals surface area contributed by atoms with Crippen LogP contribution in [0.2, 0.25) is 0 Å². The van der Waals surface area contributed by atoms with Crippen molar-refractivity contribution in [1.82, 2.24) is 15.0 Å². The average Bonchev–Trinajstić information content (AvgIpc) is 2.95. The van der Waals surface area contributed by atoms with Gasteiger partial charge in [-0.25, -0.2) is 9.97 Å². The normalized spacial score (nSPS) is 13.0. The summed E-state index contributed by atoms with van der Waals surface area (Å²) in [7, 11) is 3.26. The predicted molar refractivity (Wildman–Crippen MR) is 84.9 cm³/mol. The number of aromatic nitrogens is 3.